The van der Waals surface area contributed by atoms with Gasteiger partial charge in [0.15, 0.2) is 13.1 Å². The molecule has 0 amide bonds. The van der Waals surface area contributed by atoms with Crippen LogP contribution in [0.2, 0.25) is 11.6 Å². The second-order valence-corrected chi connectivity index (χ2v) is 10.5. The highest BCUT2D eigenvalue weighted by molar-refractivity contribution is 8.23. The molecular formula is C19H38B2S2. The van der Waals surface area contributed by atoms with E-state index in [4.69, 9.17) is 0 Å². The van der Waals surface area contributed by atoms with Crippen molar-refractivity contribution in [2.45, 2.75) is 103 Å². The Morgan fingerprint density at radius 3 is 1.87 bits per heavy atom. The molecule has 0 nitrogen and oxygen atoms in total. The monoisotopic (exact) mass is 352 g/mol. The summed E-state index contributed by atoms with van der Waals surface area (Å²) in [4.78, 5) is 0. The van der Waals surface area contributed by atoms with Gasteiger partial charge in [-0.1, -0.05) is 97.6 Å². The van der Waals surface area contributed by atoms with Crippen molar-refractivity contribution in [1.82, 2.24) is 0 Å². The molecule has 1 rings (SSSR count). The van der Waals surface area contributed by atoms with E-state index in [2.05, 4.69) is 59.3 Å². The summed E-state index contributed by atoms with van der Waals surface area (Å²) in [6, 6.07) is 0. The summed E-state index contributed by atoms with van der Waals surface area (Å²) in [5, 5.41) is 0.731. The van der Waals surface area contributed by atoms with E-state index in [0.717, 1.165) is 28.7 Å². The fraction of sp³-hybridized carbons (Fsp3) is 1.00. The van der Waals surface area contributed by atoms with Gasteiger partial charge in [0.2, 0.25) is 0 Å². The lowest BCUT2D eigenvalue weighted by Crippen LogP contribution is -2.10. The molecule has 0 aromatic heterocycles. The van der Waals surface area contributed by atoms with Crippen LogP contribution in [-0.2, 0) is 0 Å². The van der Waals surface area contributed by atoms with Gasteiger partial charge in [-0.2, -0.15) is 0 Å². The fourth-order valence-electron chi connectivity index (χ4n) is 3.59. The average molecular weight is 352 g/mol. The van der Waals surface area contributed by atoms with E-state index in [1.807, 2.05) is 11.6 Å². The maximum atomic E-state index is 2.58. The largest absolute Gasteiger partial charge is 0.218 e. The Kier molecular flexibility index (Phi) is 12.4. The fourth-order valence-corrected chi connectivity index (χ4v) is 5.13. The Hall–Kier alpha value is 0.830. The first kappa shape index (κ1) is 21.9. The summed E-state index contributed by atoms with van der Waals surface area (Å²) in [5.74, 6) is 4.70. The zero-order valence-electron chi connectivity index (χ0n) is 16.2. The quantitative estimate of drug-likeness (QED) is 0.448. The lowest BCUT2D eigenvalue weighted by atomic mass is 9.72. The predicted molar refractivity (Wildman–Crippen MR) is 115 cm³/mol. The van der Waals surface area contributed by atoms with Gasteiger partial charge >= 0.3 is 0 Å². The molecule has 3 unspecified atom stereocenters. The average Bonchev–Trinajstić information content (AvgIpc) is 2.55. The van der Waals surface area contributed by atoms with Crippen molar-refractivity contribution >= 4 is 36.3 Å². The van der Waals surface area contributed by atoms with Crippen LogP contribution in [0.25, 0.3) is 0 Å². The van der Waals surface area contributed by atoms with E-state index in [-0.39, 0.29) is 0 Å². The third-order valence-corrected chi connectivity index (χ3v) is 7.15. The van der Waals surface area contributed by atoms with E-state index >= 15 is 0 Å². The molecule has 0 aromatic rings. The molecule has 0 spiro atoms. The SMILES string of the molecule is CCS[B]C1CCCC(C(C)C)CCCC([B]SC(C)C)CC1. The summed E-state index contributed by atoms with van der Waals surface area (Å²) < 4.78 is 0. The molecule has 2 radical (unpaired) electrons. The topological polar surface area (TPSA) is 0 Å². The molecule has 0 saturated heterocycles. The zero-order chi connectivity index (χ0) is 17.1. The summed E-state index contributed by atoms with van der Waals surface area (Å²) in [5.41, 5.74) is 0. The van der Waals surface area contributed by atoms with Crippen LogP contribution in [0.3, 0.4) is 0 Å². The lowest BCUT2D eigenvalue weighted by Gasteiger charge is -2.21. The summed E-state index contributed by atoms with van der Waals surface area (Å²) >= 11 is 4.09. The number of hydrogen-bond acceptors (Lipinski definition) is 2. The second-order valence-electron chi connectivity index (χ2n) is 7.88. The van der Waals surface area contributed by atoms with Crippen LogP contribution >= 0.6 is 23.2 Å². The lowest BCUT2D eigenvalue weighted by molar-refractivity contribution is 0.317. The molecule has 132 valence electrons. The Labute approximate surface area is 156 Å². The van der Waals surface area contributed by atoms with Crippen molar-refractivity contribution in [3.8, 4) is 0 Å². The van der Waals surface area contributed by atoms with Gasteiger partial charge in [0.1, 0.15) is 0 Å². The van der Waals surface area contributed by atoms with Crippen LogP contribution in [0.15, 0.2) is 0 Å². The van der Waals surface area contributed by atoms with Gasteiger partial charge in [0.05, 0.1) is 0 Å². The summed E-state index contributed by atoms with van der Waals surface area (Å²) in [6.07, 6.45) is 11.4. The smallest absolute Gasteiger partial charge is 0.195 e. The van der Waals surface area contributed by atoms with Crippen LogP contribution in [-0.4, -0.2) is 24.1 Å². The summed E-state index contributed by atoms with van der Waals surface area (Å²) in [7, 11) is 0. The Morgan fingerprint density at radius 1 is 0.826 bits per heavy atom. The molecule has 1 fully saturated rings. The molecule has 0 N–H and O–H groups in total. The highest BCUT2D eigenvalue weighted by Crippen LogP contribution is 2.36. The highest BCUT2D eigenvalue weighted by Gasteiger charge is 2.20. The zero-order valence-corrected chi connectivity index (χ0v) is 17.9. The van der Waals surface area contributed by atoms with Gasteiger partial charge in [-0.05, 0) is 22.8 Å². The molecular weight excluding hydrogens is 314 g/mol. The summed E-state index contributed by atoms with van der Waals surface area (Å²) in [6.45, 7) is 16.9. The van der Waals surface area contributed by atoms with E-state index in [9.17, 15) is 0 Å². The first-order valence-electron chi connectivity index (χ1n) is 9.96. The van der Waals surface area contributed by atoms with Crippen LogP contribution in [0, 0.1) is 11.8 Å². The molecule has 0 aliphatic heterocycles. The minimum absolute atomic E-state index is 0.731. The van der Waals surface area contributed by atoms with Crippen LogP contribution in [0.5, 0.6) is 0 Å². The normalized spacial score (nSPS) is 27.7. The number of rotatable bonds is 7. The third-order valence-electron chi connectivity index (χ3n) is 5.15. The van der Waals surface area contributed by atoms with Crippen LogP contribution in [0.4, 0.5) is 0 Å². The van der Waals surface area contributed by atoms with E-state index in [1.54, 1.807) is 0 Å². The molecule has 0 heterocycles. The molecule has 4 heteroatoms. The van der Waals surface area contributed by atoms with E-state index in [1.165, 1.54) is 57.1 Å². The van der Waals surface area contributed by atoms with Crippen molar-refractivity contribution in [2.24, 2.45) is 11.8 Å². The molecule has 1 saturated carbocycles. The van der Waals surface area contributed by atoms with Crippen molar-refractivity contribution < 1.29 is 0 Å². The van der Waals surface area contributed by atoms with Crippen LogP contribution < -0.4 is 0 Å². The van der Waals surface area contributed by atoms with Gasteiger partial charge in [-0.3, -0.25) is 0 Å². The molecule has 1 aliphatic rings. The van der Waals surface area contributed by atoms with Crippen LogP contribution in [0.1, 0.15) is 86.0 Å². The van der Waals surface area contributed by atoms with Gasteiger partial charge in [-0.15, -0.1) is 0 Å². The molecule has 23 heavy (non-hydrogen) atoms. The maximum Gasteiger partial charge on any atom is 0.195 e. The standard InChI is InChI=1S/C19H38B2S2/c1-6-22-20-18-11-7-9-17(15(2)3)10-8-12-19(14-13-18)21-23-16(4)5/h15-19H,6-14H2,1-5H3. The first-order chi connectivity index (χ1) is 11.0. The molecule has 3 atom stereocenters. The van der Waals surface area contributed by atoms with Crippen molar-refractivity contribution in [3.05, 3.63) is 0 Å². The predicted octanol–water partition coefficient (Wildman–Crippen LogP) is 7.10. The Bertz CT molecular complexity index is 285. The number of hydrogen-bond donors (Lipinski definition) is 0. The van der Waals surface area contributed by atoms with Crippen molar-refractivity contribution in [2.75, 3.05) is 5.75 Å². The maximum absolute atomic E-state index is 2.58. The van der Waals surface area contributed by atoms with Crippen molar-refractivity contribution in [1.29, 1.82) is 0 Å². The highest BCUT2D eigenvalue weighted by atomic mass is 32.2. The minimum atomic E-state index is 0.731. The van der Waals surface area contributed by atoms with Crippen molar-refractivity contribution in [3.63, 3.8) is 0 Å². The molecule has 0 aromatic carbocycles. The van der Waals surface area contributed by atoms with Gasteiger partial charge in [0, 0.05) is 0 Å². The minimum Gasteiger partial charge on any atom is -0.218 e. The second kappa shape index (κ2) is 13.1. The molecule has 1 aliphatic carbocycles. The van der Waals surface area contributed by atoms with Gasteiger partial charge < -0.3 is 0 Å². The molecule has 0 bridgehead atoms. The van der Waals surface area contributed by atoms with E-state index in [0.29, 0.717) is 0 Å². The third kappa shape index (κ3) is 10.4. The van der Waals surface area contributed by atoms with E-state index < -0.39 is 0 Å². The first-order valence-corrected chi connectivity index (χ1v) is 12.0. The van der Waals surface area contributed by atoms with Gasteiger partial charge in [0.25, 0.3) is 0 Å². The Balaban J connectivity index is 2.58. The van der Waals surface area contributed by atoms with Gasteiger partial charge in [-0.25, -0.2) is 23.2 Å². The Morgan fingerprint density at radius 2 is 1.39 bits per heavy atom.